The third kappa shape index (κ3) is 3.94. The molecule has 17 unspecified atom stereocenters. The summed E-state index contributed by atoms with van der Waals surface area (Å²) in [6.07, 6.45) is 22.3. The second-order valence-corrected chi connectivity index (χ2v) is 20.2. The van der Waals surface area contributed by atoms with Crippen molar-refractivity contribution in [2.45, 2.75) is 173 Å². The first-order chi connectivity index (χ1) is 23.4. The maximum atomic E-state index is 6.08. The SMILES string of the molecule is Cc1cc(C)c(B2C3CC4CCC5CCC6C(C54)C3N(C3=NC4CC(C)C(C)CC4N36)C3C4CCCCC4C4CCCCC4C23)c(C)c1. The number of benzene rings is 1. The Labute approximate surface area is 292 Å². The quantitative estimate of drug-likeness (QED) is 0.284. The van der Waals surface area contributed by atoms with Crippen LogP contribution in [0.15, 0.2) is 17.1 Å². The van der Waals surface area contributed by atoms with Crippen molar-refractivity contribution in [2.24, 2.45) is 64.2 Å². The van der Waals surface area contributed by atoms with Gasteiger partial charge in [-0.15, -0.1) is 0 Å². The molecule has 7 saturated carbocycles. The fourth-order valence-corrected chi connectivity index (χ4v) is 17.1. The van der Waals surface area contributed by atoms with Crippen LogP contribution in [-0.2, 0) is 0 Å². The zero-order valence-electron chi connectivity index (χ0n) is 31.0. The molecule has 0 N–H and O–H groups in total. The molecular weight excluding hydrogens is 581 g/mol. The number of aryl methyl sites for hydroxylation is 3. The summed E-state index contributed by atoms with van der Waals surface area (Å²) in [4.78, 5) is 12.6. The third-order valence-electron chi connectivity index (χ3n) is 18.4. The lowest BCUT2D eigenvalue weighted by molar-refractivity contribution is -0.113. The van der Waals surface area contributed by atoms with Crippen LogP contribution in [-0.4, -0.2) is 52.7 Å². The summed E-state index contributed by atoms with van der Waals surface area (Å²) >= 11 is 0. The number of guanidine groups is 1. The Morgan fingerprint density at radius 2 is 1.27 bits per heavy atom. The van der Waals surface area contributed by atoms with Gasteiger partial charge in [-0.05, 0) is 143 Å². The van der Waals surface area contributed by atoms with Crippen LogP contribution >= 0.6 is 0 Å². The summed E-state index contributed by atoms with van der Waals surface area (Å²) in [6, 6.07) is 8.62. The van der Waals surface area contributed by atoms with Crippen LogP contribution in [0.1, 0.15) is 127 Å². The fraction of sp³-hybridized carbons (Fsp3) is 0.841. The molecule has 3 nitrogen and oxygen atoms in total. The second-order valence-electron chi connectivity index (χ2n) is 20.2. The summed E-state index contributed by atoms with van der Waals surface area (Å²) in [6.45, 7) is 13.3. The van der Waals surface area contributed by atoms with E-state index in [-0.39, 0.29) is 0 Å². The Morgan fingerprint density at radius 1 is 0.625 bits per heavy atom. The first-order valence-corrected chi connectivity index (χ1v) is 21.6. The highest BCUT2D eigenvalue weighted by Crippen LogP contribution is 2.69. The molecule has 0 aromatic heterocycles. The molecular formula is C44H64BN3. The molecule has 0 amide bonds. The Morgan fingerprint density at radius 3 is 2.04 bits per heavy atom. The largest absolute Gasteiger partial charge is 0.337 e. The van der Waals surface area contributed by atoms with Gasteiger partial charge in [0.05, 0.1) is 12.1 Å². The van der Waals surface area contributed by atoms with Crippen molar-refractivity contribution in [3.8, 4) is 0 Å². The predicted octanol–water partition coefficient (Wildman–Crippen LogP) is 9.05. The number of hydrogen-bond acceptors (Lipinski definition) is 3. The number of rotatable bonds is 1. The minimum Gasteiger partial charge on any atom is -0.337 e. The van der Waals surface area contributed by atoms with E-state index in [2.05, 4.69) is 56.6 Å². The van der Waals surface area contributed by atoms with Crippen molar-refractivity contribution in [1.29, 1.82) is 0 Å². The van der Waals surface area contributed by atoms with E-state index in [4.69, 9.17) is 4.99 Å². The van der Waals surface area contributed by atoms with Crippen molar-refractivity contribution in [1.82, 2.24) is 9.80 Å². The van der Waals surface area contributed by atoms with Crippen molar-refractivity contribution >= 4 is 18.1 Å². The average molecular weight is 646 g/mol. The zero-order valence-corrected chi connectivity index (χ0v) is 31.0. The number of aliphatic imine (C=N–C) groups is 1. The van der Waals surface area contributed by atoms with Crippen molar-refractivity contribution in [3.63, 3.8) is 0 Å². The normalized spacial score (nSPS) is 51.2. The van der Waals surface area contributed by atoms with E-state index in [9.17, 15) is 0 Å². The predicted molar refractivity (Wildman–Crippen MR) is 199 cm³/mol. The summed E-state index contributed by atoms with van der Waals surface area (Å²) in [5, 5.41) is 0. The molecule has 17 atom stereocenters. The average Bonchev–Trinajstić information content (AvgIpc) is 3.67. The van der Waals surface area contributed by atoms with E-state index in [1.165, 1.54) is 102 Å². The van der Waals surface area contributed by atoms with Gasteiger partial charge in [0.25, 0.3) is 0 Å². The zero-order chi connectivity index (χ0) is 32.2. The van der Waals surface area contributed by atoms with Gasteiger partial charge in [-0.25, -0.2) is 4.99 Å². The van der Waals surface area contributed by atoms with E-state index in [1.54, 1.807) is 17.1 Å². The van der Waals surface area contributed by atoms with E-state index in [1.807, 2.05) is 5.46 Å². The maximum absolute atomic E-state index is 6.08. The van der Waals surface area contributed by atoms with Gasteiger partial charge in [0.2, 0.25) is 0 Å². The fourth-order valence-electron chi connectivity index (χ4n) is 17.1. The van der Waals surface area contributed by atoms with Crippen LogP contribution < -0.4 is 5.46 Å². The summed E-state index contributed by atoms with van der Waals surface area (Å²) < 4.78 is 0. The second kappa shape index (κ2) is 10.8. The maximum Gasteiger partial charge on any atom is 0.198 e. The highest BCUT2D eigenvalue weighted by molar-refractivity contribution is 6.77. The molecule has 0 radical (unpaired) electrons. The first kappa shape index (κ1) is 30.2. The minimum absolute atomic E-state index is 0.549. The Balaban J connectivity index is 1.15. The highest BCUT2D eigenvalue weighted by atomic mass is 15.5. The van der Waals surface area contributed by atoms with Gasteiger partial charge in [0, 0.05) is 24.0 Å². The molecule has 1 aromatic carbocycles. The van der Waals surface area contributed by atoms with Gasteiger partial charge in [0.15, 0.2) is 12.7 Å². The molecule has 1 aromatic rings. The van der Waals surface area contributed by atoms with Gasteiger partial charge in [0.1, 0.15) is 0 Å². The van der Waals surface area contributed by atoms with Crippen LogP contribution in [0.2, 0.25) is 11.6 Å². The summed E-state index contributed by atoms with van der Waals surface area (Å²) in [5.74, 6) is 12.5. The van der Waals surface area contributed by atoms with Gasteiger partial charge >= 0.3 is 0 Å². The number of nitrogens with zero attached hydrogens (tertiary/aromatic N) is 3. The van der Waals surface area contributed by atoms with Crippen molar-refractivity contribution in [3.05, 3.63) is 28.8 Å². The number of fused-ring (bicyclic) bond motifs is 12. The third-order valence-corrected chi connectivity index (χ3v) is 18.4. The Bertz CT molecular complexity index is 1480. The lowest BCUT2D eigenvalue weighted by Crippen LogP contribution is -2.79. The topological polar surface area (TPSA) is 18.8 Å². The van der Waals surface area contributed by atoms with E-state index in [0.29, 0.717) is 12.1 Å². The summed E-state index contributed by atoms with van der Waals surface area (Å²) in [5.41, 5.74) is 6.59. The van der Waals surface area contributed by atoms with Crippen LogP contribution in [0, 0.1) is 80.0 Å². The molecule has 2 saturated heterocycles. The smallest absolute Gasteiger partial charge is 0.198 e. The van der Waals surface area contributed by atoms with Crippen LogP contribution in [0.5, 0.6) is 0 Å². The van der Waals surface area contributed by atoms with Crippen LogP contribution in [0.4, 0.5) is 0 Å². The molecule has 7 aliphatic carbocycles. The molecule has 11 rings (SSSR count). The first-order valence-electron chi connectivity index (χ1n) is 21.6. The van der Waals surface area contributed by atoms with Crippen LogP contribution in [0.3, 0.4) is 0 Å². The molecule has 10 aliphatic rings. The van der Waals surface area contributed by atoms with Crippen LogP contribution in [0.25, 0.3) is 0 Å². The standard InChI is InChI=1S/C44H64BN3/c1-23-18-26(4)40(27(5)19-23)45-34-22-29-15-14-28-16-17-36-39(38(28)29)43(34)48(44-46-35-20-24(2)25(3)21-37(35)47(36)44)42-33-13-9-7-11-31(33)30-10-6-8-12-32(30)41(42)45/h18-19,24-25,28-39,41-43H,6-17,20-22H2,1-5H3. The Kier molecular flexibility index (Phi) is 6.79. The lowest BCUT2D eigenvalue weighted by Gasteiger charge is -2.72. The monoisotopic (exact) mass is 646 g/mol. The summed E-state index contributed by atoms with van der Waals surface area (Å²) in [7, 11) is 0. The van der Waals surface area contributed by atoms with Crippen molar-refractivity contribution in [2.75, 3.05) is 0 Å². The van der Waals surface area contributed by atoms with Gasteiger partial charge in [-0.2, -0.15) is 0 Å². The Hall–Kier alpha value is -1.45. The lowest BCUT2D eigenvalue weighted by atomic mass is 9.19. The molecule has 258 valence electrons. The molecule has 0 bridgehead atoms. The molecule has 3 aliphatic heterocycles. The van der Waals surface area contributed by atoms with E-state index >= 15 is 0 Å². The molecule has 3 heterocycles. The van der Waals surface area contributed by atoms with Gasteiger partial charge in [-0.1, -0.05) is 86.7 Å². The molecule has 9 fully saturated rings. The molecule has 4 heteroatoms. The van der Waals surface area contributed by atoms with Crippen molar-refractivity contribution < 1.29 is 0 Å². The molecule has 0 spiro atoms. The highest BCUT2D eigenvalue weighted by Gasteiger charge is 2.71. The minimum atomic E-state index is 0.549. The molecule has 48 heavy (non-hydrogen) atoms. The van der Waals surface area contributed by atoms with Gasteiger partial charge < -0.3 is 9.80 Å². The van der Waals surface area contributed by atoms with E-state index in [0.717, 1.165) is 95.7 Å². The van der Waals surface area contributed by atoms with E-state index < -0.39 is 0 Å². The number of hydrogen-bond donors (Lipinski definition) is 0. The van der Waals surface area contributed by atoms with Gasteiger partial charge in [-0.3, -0.25) is 0 Å².